The maximum atomic E-state index is 6.23. The van der Waals surface area contributed by atoms with E-state index < -0.39 is 0 Å². The van der Waals surface area contributed by atoms with Crippen LogP contribution >= 0.6 is 0 Å². The van der Waals surface area contributed by atoms with Crippen molar-refractivity contribution in [3.63, 3.8) is 0 Å². The fraction of sp³-hybridized carbons (Fsp3) is 0.476. The van der Waals surface area contributed by atoms with E-state index in [1.807, 2.05) is 60.1 Å². The van der Waals surface area contributed by atoms with E-state index in [9.17, 15) is 0 Å². The number of aromatic nitrogens is 5. The predicted molar refractivity (Wildman–Crippen MR) is 218 cm³/mol. The van der Waals surface area contributed by atoms with Gasteiger partial charge in [-0.25, -0.2) is 15.0 Å². The normalized spacial score (nSPS) is 19.6. The molecule has 5 aromatic rings. The summed E-state index contributed by atoms with van der Waals surface area (Å²) in [5, 5.41) is 10.0. The predicted octanol–water partition coefficient (Wildman–Crippen LogP) is 6.82. The lowest BCUT2D eigenvalue weighted by Gasteiger charge is -2.17. The minimum absolute atomic E-state index is 0.437. The van der Waals surface area contributed by atoms with Crippen LogP contribution in [-0.2, 0) is 0 Å². The number of anilines is 5. The maximum absolute atomic E-state index is 6.23. The Balaban J connectivity index is 0.815. The Morgan fingerprint density at radius 2 is 1.57 bits per heavy atom. The second kappa shape index (κ2) is 17.6. The van der Waals surface area contributed by atoms with Crippen molar-refractivity contribution in [2.75, 3.05) is 89.7 Å². The summed E-state index contributed by atoms with van der Waals surface area (Å²) in [5.74, 6) is 7.34. The molecule has 1 aliphatic carbocycles. The first kappa shape index (κ1) is 37.6. The molecule has 3 unspecified atom stereocenters. The third-order valence-electron chi connectivity index (χ3n) is 11.2. The number of benzene rings is 1. The SMILES string of the molecule is CNc1cc(C2CC2C2CCN(CCCOc3cc(Nc4cnc5ccccn45)ncc3OC)C2)nc(Nc2ccc(OC)c(OCCCN3CCCC3)c2)n1. The van der Waals surface area contributed by atoms with Gasteiger partial charge in [0.1, 0.15) is 23.1 Å². The number of imidazole rings is 1. The summed E-state index contributed by atoms with van der Waals surface area (Å²) in [4.78, 5) is 23.8. The summed E-state index contributed by atoms with van der Waals surface area (Å²) in [6.07, 6.45) is 12.3. The second-order valence-corrected chi connectivity index (χ2v) is 15.0. The highest BCUT2D eigenvalue weighted by Gasteiger charge is 2.46. The average molecular weight is 763 g/mol. The Morgan fingerprint density at radius 1 is 0.768 bits per heavy atom. The van der Waals surface area contributed by atoms with E-state index in [4.69, 9.17) is 28.9 Å². The molecule has 14 nitrogen and oxygen atoms in total. The van der Waals surface area contributed by atoms with Gasteiger partial charge < -0.3 is 44.7 Å². The van der Waals surface area contributed by atoms with Gasteiger partial charge in [-0.1, -0.05) is 6.07 Å². The van der Waals surface area contributed by atoms with Gasteiger partial charge in [0.2, 0.25) is 5.95 Å². The molecule has 0 amide bonds. The molecule has 2 saturated heterocycles. The molecule has 0 spiro atoms. The number of nitrogens with zero attached hydrogens (tertiary/aromatic N) is 7. The molecule has 6 heterocycles. The lowest BCUT2D eigenvalue weighted by Crippen LogP contribution is -2.24. The van der Waals surface area contributed by atoms with Crippen LogP contribution in [0, 0.1) is 11.8 Å². The van der Waals surface area contributed by atoms with Gasteiger partial charge >= 0.3 is 0 Å². The third kappa shape index (κ3) is 9.03. The van der Waals surface area contributed by atoms with Crippen molar-refractivity contribution < 1.29 is 18.9 Å². The molecular weight excluding hydrogens is 709 g/mol. The Labute approximate surface area is 329 Å². The summed E-state index contributed by atoms with van der Waals surface area (Å²) >= 11 is 0. The Kier molecular flexibility index (Phi) is 11.8. The van der Waals surface area contributed by atoms with Gasteiger partial charge in [-0.3, -0.25) is 4.40 Å². The smallest absolute Gasteiger partial charge is 0.229 e. The zero-order chi connectivity index (χ0) is 38.3. The van der Waals surface area contributed by atoms with Crippen LogP contribution in [0.5, 0.6) is 23.0 Å². The highest BCUT2D eigenvalue weighted by atomic mass is 16.5. The lowest BCUT2D eigenvalue weighted by atomic mass is 10.0. The molecule has 8 rings (SSSR count). The molecular formula is C42H54N10O4. The average Bonchev–Trinajstić information content (AvgIpc) is 3.52. The van der Waals surface area contributed by atoms with Crippen molar-refractivity contribution in [1.29, 1.82) is 0 Å². The van der Waals surface area contributed by atoms with Crippen LogP contribution in [0.1, 0.15) is 50.1 Å². The fourth-order valence-electron chi connectivity index (χ4n) is 8.19. The van der Waals surface area contributed by atoms with Gasteiger partial charge in [-0.15, -0.1) is 0 Å². The van der Waals surface area contributed by atoms with Gasteiger partial charge in [0.25, 0.3) is 0 Å². The molecule has 2 aliphatic heterocycles. The molecule has 14 heteroatoms. The number of methoxy groups -OCH3 is 2. The molecule has 296 valence electrons. The van der Waals surface area contributed by atoms with E-state index in [-0.39, 0.29) is 0 Å². The highest BCUT2D eigenvalue weighted by Crippen LogP contribution is 2.54. The first-order valence-electron chi connectivity index (χ1n) is 20.0. The Hall–Kier alpha value is -5.34. The lowest BCUT2D eigenvalue weighted by molar-refractivity contribution is 0.248. The minimum Gasteiger partial charge on any atom is -0.493 e. The van der Waals surface area contributed by atoms with Crippen LogP contribution in [-0.4, -0.2) is 108 Å². The highest BCUT2D eigenvalue weighted by molar-refractivity contribution is 5.62. The Bertz CT molecular complexity index is 2070. The van der Waals surface area contributed by atoms with Crippen molar-refractivity contribution in [2.24, 2.45) is 11.8 Å². The van der Waals surface area contributed by atoms with Crippen molar-refractivity contribution in [3.05, 3.63) is 72.8 Å². The zero-order valence-electron chi connectivity index (χ0n) is 32.7. The standard InChI is InChI=1S/C42H54N10O4/c1-43-38-24-33(47-42(49-38)46-30-11-12-34(53-2)35(22-30)55-20-8-16-50-14-6-7-15-50)32-23-31(32)29-13-19-51(28-29)17-9-21-56-36-25-39(44-26-37(36)54-3)48-41-27-45-40-10-4-5-18-52(40)41/h4-5,10-12,18,22,24-27,29,31-32H,6-9,13-17,19-21,23,28H2,1-3H3,(H,44,48)(H2,43,46,47,49). The van der Waals surface area contributed by atoms with Crippen molar-refractivity contribution in [3.8, 4) is 23.0 Å². The Morgan fingerprint density at radius 3 is 2.38 bits per heavy atom. The number of rotatable bonds is 19. The van der Waals surface area contributed by atoms with Gasteiger partial charge in [0.05, 0.1) is 45.5 Å². The molecule has 4 aromatic heterocycles. The number of nitrogens with one attached hydrogen (secondary N) is 3. The number of fused-ring (bicyclic) bond motifs is 1. The van der Waals surface area contributed by atoms with E-state index in [1.165, 1.54) is 32.4 Å². The summed E-state index contributed by atoms with van der Waals surface area (Å²) < 4.78 is 25.6. The van der Waals surface area contributed by atoms with Crippen LogP contribution in [0.15, 0.2) is 67.1 Å². The molecule has 0 bridgehead atoms. The molecule has 3 aliphatic rings. The van der Waals surface area contributed by atoms with E-state index in [0.29, 0.717) is 54.2 Å². The fourth-order valence-corrected chi connectivity index (χ4v) is 8.19. The molecule has 1 aromatic carbocycles. The first-order chi connectivity index (χ1) is 27.6. The number of likely N-dealkylation sites (tertiary alicyclic amines) is 2. The zero-order valence-corrected chi connectivity index (χ0v) is 32.7. The number of pyridine rings is 2. The van der Waals surface area contributed by atoms with E-state index in [0.717, 1.165) is 85.6 Å². The van der Waals surface area contributed by atoms with Gasteiger partial charge in [-0.05, 0) is 94.3 Å². The van der Waals surface area contributed by atoms with E-state index >= 15 is 0 Å². The van der Waals surface area contributed by atoms with Crippen LogP contribution in [0.4, 0.5) is 29.1 Å². The van der Waals surface area contributed by atoms with Crippen molar-refractivity contribution in [2.45, 2.75) is 44.4 Å². The number of hydrogen-bond acceptors (Lipinski definition) is 13. The molecule has 3 fully saturated rings. The molecule has 1 saturated carbocycles. The van der Waals surface area contributed by atoms with E-state index in [1.54, 1.807) is 26.6 Å². The summed E-state index contributed by atoms with van der Waals surface area (Å²) in [6.45, 7) is 7.91. The van der Waals surface area contributed by atoms with Gasteiger partial charge in [-0.2, -0.15) is 4.98 Å². The second-order valence-electron chi connectivity index (χ2n) is 15.0. The van der Waals surface area contributed by atoms with Crippen LogP contribution in [0.2, 0.25) is 0 Å². The van der Waals surface area contributed by atoms with Crippen LogP contribution < -0.4 is 34.9 Å². The van der Waals surface area contributed by atoms with E-state index in [2.05, 4.69) is 41.8 Å². The minimum atomic E-state index is 0.437. The summed E-state index contributed by atoms with van der Waals surface area (Å²) in [7, 11) is 5.22. The van der Waals surface area contributed by atoms with Gasteiger partial charge in [0.15, 0.2) is 23.0 Å². The topological polar surface area (TPSA) is 135 Å². The summed E-state index contributed by atoms with van der Waals surface area (Å²) in [5.41, 5.74) is 2.83. The number of hydrogen-bond donors (Lipinski definition) is 3. The summed E-state index contributed by atoms with van der Waals surface area (Å²) in [6, 6.07) is 15.8. The van der Waals surface area contributed by atoms with Crippen molar-refractivity contribution >= 4 is 34.7 Å². The number of ether oxygens (including phenoxy) is 4. The van der Waals surface area contributed by atoms with Crippen molar-refractivity contribution in [1.82, 2.24) is 34.1 Å². The van der Waals surface area contributed by atoms with Gasteiger partial charge in [0, 0.05) is 62.7 Å². The van der Waals surface area contributed by atoms with Crippen LogP contribution in [0.25, 0.3) is 5.65 Å². The quantitative estimate of drug-likeness (QED) is 0.0760. The van der Waals surface area contributed by atoms with Crippen LogP contribution in [0.3, 0.4) is 0 Å². The maximum Gasteiger partial charge on any atom is 0.229 e. The molecule has 56 heavy (non-hydrogen) atoms. The molecule has 3 N–H and O–H groups in total. The largest absolute Gasteiger partial charge is 0.493 e. The molecule has 0 radical (unpaired) electrons. The monoisotopic (exact) mass is 762 g/mol. The molecule has 3 atom stereocenters. The first-order valence-corrected chi connectivity index (χ1v) is 20.0. The third-order valence-corrected chi connectivity index (χ3v) is 11.2.